The number of anilines is 1. The zero-order valence-electron chi connectivity index (χ0n) is 14.6. The maximum atomic E-state index is 11.8. The molecule has 0 aromatic heterocycles. The van der Waals surface area contributed by atoms with Gasteiger partial charge in [-0.2, -0.15) is 0 Å². The summed E-state index contributed by atoms with van der Waals surface area (Å²) < 4.78 is 0. The van der Waals surface area contributed by atoms with Crippen molar-refractivity contribution in [2.45, 2.75) is 27.7 Å². The van der Waals surface area contributed by atoms with Crippen LogP contribution in [0, 0.1) is 6.92 Å². The lowest BCUT2D eigenvalue weighted by atomic mass is 10.1. The number of carbonyl (C=O) groups is 2. The first-order chi connectivity index (χ1) is 11.4. The van der Waals surface area contributed by atoms with Crippen molar-refractivity contribution in [1.82, 2.24) is 5.32 Å². The highest BCUT2D eigenvalue weighted by molar-refractivity contribution is 6.20. The van der Waals surface area contributed by atoms with Crippen molar-refractivity contribution in [2.75, 3.05) is 18.0 Å². The highest BCUT2D eigenvalue weighted by Gasteiger charge is 2.13. The van der Waals surface area contributed by atoms with Crippen LogP contribution in [-0.4, -0.2) is 30.5 Å². The van der Waals surface area contributed by atoms with Gasteiger partial charge in [0.25, 0.3) is 0 Å². The Morgan fingerprint density at radius 2 is 1.92 bits per heavy atom. The molecule has 0 radical (unpaired) electrons. The second kappa shape index (κ2) is 7.73. The summed E-state index contributed by atoms with van der Waals surface area (Å²) in [6, 6.07) is 6.14. The molecule has 5 nitrogen and oxygen atoms in total. The molecule has 0 atom stereocenters. The van der Waals surface area contributed by atoms with Crippen LogP contribution in [0.3, 0.4) is 0 Å². The minimum atomic E-state index is -0.274. The van der Waals surface area contributed by atoms with Crippen molar-refractivity contribution in [2.24, 2.45) is 4.99 Å². The molecule has 0 aliphatic heterocycles. The molecular formula is C19H23N3O2. The standard InChI is InChI=1S/C19H23N3O2/c1-5-22(6-2)16-8-9-17(13(3)11-16)21-15-7-10-19(24)18(12-15)20-14(4)23/h7-12H,5-6H2,1-4H3,(H,20,23). The summed E-state index contributed by atoms with van der Waals surface area (Å²) in [5.41, 5.74) is 3.97. The van der Waals surface area contributed by atoms with Gasteiger partial charge in [0, 0.05) is 25.7 Å². The third kappa shape index (κ3) is 4.19. The van der Waals surface area contributed by atoms with Gasteiger partial charge in [-0.1, -0.05) is 0 Å². The van der Waals surface area contributed by atoms with Gasteiger partial charge < -0.3 is 10.2 Å². The predicted octanol–water partition coefficient (Wildman–Crippen LogP) is 3.07. The second-order valence-corrected chi connectivity index (χ2v) is 5.62. The molecule has 0 bridgehead atoms. The van der Waals surface area contributed by atoms with E-state index < -0.39 is 0 Å². The average Bonchev–Trinajstić information content (AvgIpc) is 2.53. The Bertz CT molecular complexity index is 741. The molecule has 1 aromatic carbocycles. The average molecular weight is 325 g/mol. The van der Waals surface area contributed by atoms with E-state index in [9.17, 15) is 9.59 Å². The van der Waals surface area contributed by atoms with Crippen molar-refractivity contribution >= 4 is 28.8 Å². The molecule has 24 heavy (non-hydrogen) atoms. The number of hydrogen-bond donors (Lipinski definition) is 1. The van der Waals surface area contributed by atoms with Crippen molar-refractivity contribution in [3.8, 4) is 0 Å². The fourth-order valence-corrected chi connectivity index (χ4v) is 2.56. The van der Waals surface area contributed by atoms with E-state index >= 15 is 0 Å². The Morgan fingerprint density at radius 3 is 2.50 bits per heavy atom. The van der Waals surface area contributed by atoms with Gasteiger partial charge >= 0.3 is 0 Å². The Labute approximate surface area is 142 Å². The molecule has 1 aromatic rings. The maximum Gasteiger partial charge on any atom is 0.221 e. The molecule has 1 amide bonds. The lowest BCUT2D eigenvalue weighted by molar-refractivity contribution is -0.120. The fourth-order valence-electron chi connectivity index (χ4n) is 2.56. The number of amides is 1. The third-order valence-electron chi connectivity index (χ3n) is 3.83. The van der Waals surface area contributed by atoms with E-state index in [1.165, 1.54) is 18.7 Å². The van der Waals surface area contributed by atoms with E-state index in [-0.39, 0.29) is 17.4 Å². The number of nitrogens with zero attached hydrogens (tertiary/aromatic N) is 2. The molecule has 1 aliphatic carbocycles. The molecule has 5 heteroatoms. The first-order valence-corrected chi connectivity index (χ1v) is 8.10. The number of allylic oxidation sites excluding steroid dienone is 3. The molecule has 126 valence electrons. The van der Waals surface area contributed by atoms with Crippen molar-refractivity contribution < 1.29 is 9.59 Å². The molecule has 0 saturated heterocycles. The first-order valence-electron chi connectivity index (χ1n) is 8.10. The molecule has 1 aliphatic rings. The molecule has 2 rings (SSSR count). The van der Waals surface area contributed by atoms with Crippen molar-refractivity contribution in [3.63, 3.8) is 0 Å². The second-order valence-electron chi connectivity index (χ2n) is 5.62. The van der Waals surface area contributed by atoms with Crippen LogP contribution in [0.5, 0.6) is 0 Å². The highest BCUT2D eigenvalue weighted by Crippen LogP contribution is 2.25. The van der Waals surface area contributed by atoms with Gasteiger partial charge in [-0.25, -0.2) is 4.99 Å². The minimum absolute atomic E-state index is 0.224. The van der Waals surface area contributed by atoms with Gasteiger partial charge in [0.1, 0.15) is 0 Å². The highest BCUT2D eigenvalue weighted by atomic mass is 16.2. The summed E-state index contributed by atoms with van der Waals surface area (Å²) in [5, 5.41) is 2.54. The minimum Gasteiger partial charge on any atom is -0.372 e. The number of aryl methyl sites for hydroxylation is 1. The third-order valence-corrected chi connectivity index (χ3v) is 3.83. The van der Waals surface area contributed by atoms with Crippen LogP contribution in [0.15, 0.2) is 47.1 Å². The molecule has 0 fully saturated rings. The van der Waals surface area contributed by atoms with Crippen LogP contribution in [0.2, 0.25) is 0 Å². The monoisotopic (exact) mass is 325 g/mol. The van der Waals surface area contributed by atoms with Crippen molar-refractivity contribution in [1.29, 1.82) is 0 Å². The Kier molecular flexibility index (Phi) is 5.68. The summed E-state index contributed by atoms with van der Waals surface area (Å²) in [7, 11) is 0. The smallest absolute Gasteiger partial charge is 0.221 e. The van der Waals surface area contributed by atoms with E-state index in [1.54, 1.807) is 12.2 Å². The zero-order valence-corrected chi connectivity index (χ0v) is 14.6. The van der Waals surface area contributed by atoms with Crippen LogP contribution in [-0.2, 0) is 9.59 Å². The van der Waals surface area contributed by atoms with Crippen LogP contribution in [0.25, 0.3) is 0 Å². The fraction of sp³-hybridized carbons (Fsp3) is 0.316. The van der Waals surface area contributed by atoms with Crippen LogP contribution in [0.1, 0.15) is 26.3 Å². The topological polar surface area (TPSA) is 61.8 Å². The number of carbonyl (C=O) groups excluding carboxylic acids is 2. The lowest BCUT2D eigenvalue weighted by Gasteiger charge is -2.21. The zero-order chi connectivity index (χ0) is 17.7. The van der Waals surface area contributed by atoms with Crippen LogP contribution < -0.4 is 10.2 Å². The normalized spacial score (nSPS) is 15.4. The largest absolute Gasteiger partial charge is 0.372 e. The number of benzene rings is 1. The number of hydrogen-bond acceptors (Lipinski definition) is 4. The Hall–Kier alpha value is -2.69. The molecule has 0 saturated carbocycles. The lowest BCUT2D eigenvalue weighted by Crippen LogP contribution is -2.26. The molecular weight excluding hydrogens is 302 g/mol. The van der Waals surface area contributed by atoms with Gasteiger partial charge in [-0.05, 0) is 62.8 Å². The number of rotatable bonds is 5. The molecule has 1 N–H and O–H groups in total. The summed E-state index contributed by atoms with van der Waals surface area (Å²) in [4.78, 5) is 29.8. The van der Waals surface area contributed by atoms with E-state index in [1.807, 2.05) is 13.0 Å². The van der Waals surface area contributed by atoms with E-state index in [0.29, 0.717) is 5.71 Å². The number of nitrogens with one attached hydrogen (secondary N) is 1. The first kappa shape index (κ1) is 17.7. The summed E-state index contributed by atoms with van der Waals surface area (Å²) in [6.45, 7) is 9.56. The van der Waals surface area contributed by atoms with Crippen LogP contribution >= 0.6 is 0 Å². The summed E-state index contributed by atoms with van der Waals surface area (Å²) >= 11 is 0. The van der Waals surface area contributed by atoms with Crippen molar-refractivity contribution in [3.05, 3.63) is 47.7 Å². The Balaban J connectivity index is 2.30. The maximum absolute atomic E-state index is 11.8. The molecule has 0 heterocycles. The quantitative estimate of drug-likeness (QED) is 0.846. The van der Waals surface area contributed by atoms with Gasteiger partial charge in [-0.15, -0.1) is 0 Å². The van der Waals surface area contributed by atoms with Gasteiger partial charge in [-0.3, -0.25) is 9.59 Å². The number of ketones is 1. The van der Waals surface area contributed by atoms with E-state index in [4.69, 9.17) is 0 Å². The van der Waals surface area contributed by atoms with Crippen LogP contribution in [0.4, 0.5) is 11.4 Å². The van der Waals surface area contributed by atoms with E-state index in [0.717, 1.165) is 24.3 Å². The predicted molar refractivity (Wildman–Crippen MR) is 97.9 cm³/mol. The molecule has 0 unspecified atom stereocenters. The number of aliphatic imine (C=N–C) groups is 1. The van der Waals surface area contributed by atoms with Gasteiger partial charge in [0.15, 0.2) is 0 Å². The summed E-state index contributed by atoms with van der Waals surface area (Å²) in [6.07, 6.45) is 4.68. The molecule has 0 spiro atoms. The van der Waals surface area contributed by atoms with Gasteiger partial charge in [0.2, 0.25) is 11.7 Å². The van der Waals surface area contributed by atoms with E-state index in [2.05, 4.69) is 41.2 Å². The van der Waals surface area contributed by atoms with Gasteiger partial charge in [0.05, 0.1) is 17.1 Å². The SMILES string of the molecule is CCN(CC)c1ccc(N=C2C=CC(=O)C(NC(C)=O)=C2)c(C)c1. The summed E-state index contributed by atoms with van der Waals surface area (Å²) in [5.74, 6) is -0.498. The Morgan fingerprint density at radius 1 is 1.21 bits per heavy atom.